The standard InChI is InChI=1S/C8H8Cl2O2/c1-3-7(10)6(8(11)12)4-5(2)9/h3-4H,2H2,1H3,(H,11,12)/b6-4+,7-3+. The van der Waals surface area contributed by atoms with Gasteiger partial charge in [0.05, 0.1) is 10.6 Å². The van der Waals surface area contributed by atoms with Crippen molar-refractivity contribution in [2.45, 2.75) is 6.92 Å². The predicted octanol–water partition coefficient (Wildman–Crippen LogP) is 2.89. The van der Waals surface area contributed by atoms with Crippen LogP contribution in [0.15, 0.2) is 34.4 Å². The summed E-state index contributed by atoms with van der Waals surface area (Å²) in [6, 6.07) is 0. The lowest BCUT2D eigenvalue weighted by molar-refractivity contribution is -0.132. The molecule has 0 aromatic heterocycles. The van der Waals surface area contributed by atoms with Gasteiger partial charge in [-0.3, -0.25) is 0 Å². The summed E-state index contributed by atoms with van der Waals surface area (Å²) >= 11 is 11.0. The van der Waals surface area contributed by atoms with Gasteiger partial charge >= 0.3 is 5.97 Å². The minimum absolute atomic E-state index is 0.0563. The number of allylic oxidation sites excluding steroid dienone is 3. The van der Waals surface area contributed by atoms with Crippen molar-refractivity contribution in [3.63, 3.8) is 0 Å². The zero-order valence-electron chi connectivity index (χ0n) is 6.47. The number of rotatable bonds is 3. The van der Waals surface area contributed by atoms with E-state index in [0.717, 1.165) is 0 Å². The van der Waals surface area contributed by atoms with Gasteiger partial charge in [0.1, 0.15) is 0 Å². The summed E-state index contributed by atoms with van der Waals surface area (Å²) in [4.78, 5) is 10.5. The summed E-state index contributed by atoms with van der Waals surface area (Å²) in [5.74, 6) is -1.13. The Balaban J connectivity index is 4.93. The molecule has 0 bridgehead atoms. The Kier molecular flexibility index (Phi) is 4.71. The molecule has 0 spiro atoms. The van der Waals surface area contributed by atoms with Crippen LogP contribution in [0, 0.1) is 0 Å². The summed E-state index contributed by atoms with van der Waals surface area (Å²) in [5, 5.41) is 8.91. The van der Waals surface area contributed by atoms with Crippen LogP contribution in [0.4, 0.5) is 0 Å². The van der Waals surface area contributed by atoms with Gasteiger partial charge in [-0.25, -0.2) is 4.79 Å². The average molecular weight is 207 g/mol. The first-order valence-corrected chi connectivity index (χ1v) is 3.86. The lowest BCUT2D eigenvalue weighted by atomic mass is 10.2. The number of aliphatic carboxylic acids is 1. The Labute approximate surface area is 80.8 Å². The van der Waals surface area contributed by atoms with Crippen LogP contribution in [0.25, 0.3) is 0 Å². The summed E-state index contributed by atoms with van der Waals surface area (Å²) in [6.45, 7) is 4.97. The molecule has 1 N–H and O–H groups in total. The molecular formula is C8H8Cl2O2. The second-order valence-electron chi connectivity index (χ2n) is 1.95. The van der Waals surface area contributed by atoms with Crippen LogP contribution < -0.4 is 0 Å². The third-order valence-electron chi connectivity index (χ3n) is 1.04. The molecule has 4 heteroatoms. The van der Waals surface area contributed by atoms with Gasteiger partial charge in [-0.05, 0) is 13.0 Å². The van der Waals surface area contributed by atoms with Gasteiger partial charge in [0.15, 0.2) is 0 Å². The summed E-state index contributed by atoms with van der Waals surface area (Å²) in [5.41, 5.74) is -0.0563. The molecule has 66 valence electrons. The van der Waals surface area contributed by atoms with Gasteiger partial charge in [0.2, 0.25) is 0 Å². The molecule has 0 heterocycles. The van der Waals surface area contributed by atoms with Gasteiger partial charge in [-0.15, -0.1) is 0 Å². The van der Waals surface area contributed by atoms with Gasteiger partial charge in [0, 0.05) is 5.03 Å². The van der Waals surface area contributed by atoms with E-state index in [1.54, 1.807) is 6.92 Å². The minimum atomic E-state index is -1.13. The topological polar surface area (TPSA) is 37.3 Å². The van der Waals surface area contributed by atoms with Crippen LogP contribution >= 0.6 is 23.2 Å². The molecule has 0 amide bonds. The molecule has 0 aliphatic carbocycles. The highest BCUT2D eigenvalue weighted by molar-refractivity contribution is 6.36. The van der Waals surface area contributed by atoms with E-state index in [0.29, 0.717) is 0 Å². The number of carbonyl (C=O) groups is 1. The predicted molar refractivity (Wildman–Crippen MR) is 50.3 cm³/mol. The molecule has 12 heavy (non-hydrogen) atoms. The number of hydrogen-bond donors (Lipinski definition) is 1. The van der Waals surface area contributed by atoms with E-state index in [1.807, 2.05) is 0 Å². The second-order valence-corrected chi connectivity index (χ2v) is 2.84. The number of carboxylic acid groups (broad SMARTS) is 1. The quantitative estimate of drug-likeness (QED) is 0.570. The normalized spacial score (nSPS) is 12.9. The monoisotopic (exact) mass is 206 g/mol. The third kappa shape index (κ3) is 3.60. The molecule has 0 saturated carbocycles. The van der Waals surface area contributed by atoms with Crippen molar-refractivity contribution >= 4 is 29.2 Å². The highest BCUT2D eigenvalue weighted by atomic mass is 35.5. The number of carboxylic acids is 1. The summed E-state index contributed by atoms with van der Waals surface area (Å²) < 4.78 is 0. The van der Waals surface area contributed by atoms with Crippen molar-refractivity contribution in [1.29, 1.82) is 0 Å². The smallest absolute Gasteiger partial charge is 0.337 e. The highest BCUT2D eigenvalue weighted by Crippen LogP contribution is 2.17. The first-order valence-electron chi connectivity index (χ1n) is 3.10. The average Bonchev–Trinajstić information content (AvgIpc) is 1.98. The van der Waals surface area contributed by atoms with Gasteiger partial charge in [0.25, 0.3) is 0 Å². The lowest BCUT2D eigenvalue weighted by Gasteiger charge is -1.98. The third-order valence-corrected chi connectivity index (χ3v) is 1.57. The van der Waals surface area contributed by atoms with E-state index in [9.17, 15) is 4.79 Å². The Morgan fingerprint density at radius 2 is 2.00 bits per heavy atom. The van der Waals surface area contributed by atoms with E-state index >= 15 is 0 Å². The number of halogens is 2. The molecule has 0 aromatic rings. The van der Waals surface area contributed by atoms with Gasteiger partial charge < -0.3 is 5.11 Å². The minimum Gasteiger partial charge on any atom is -0.478 e. The zero-order valence-corrected chi connectivity index (χ0v) is 7.99. The molecule has 0 aliphatic heterocycles. The SMILES string of the molecule is C=C(Cl)/C=C(C(=O)O)\C(Cl)=C/C. The highest BCUT2D eigenvalue weighted by Gasteiger charge is 2.10. The van der Waals surface area contributed by atoms with E-state index in [4.69, 9.17) is 28.3 Å². The van der Waals surface area contributed by atoms with Crippen LogP contribution in [0.3, 0.4) is 0 Å². The fourth-order valence-corrected chi connectivity index (χ4v) is 0.789. The molecule has 0 saturated heterocycles. The van der Waals surface area contributed by atoms with E-state index < -0.39 is 5.97 Å². The Hall–Kier alpha value is -0.730. The van der Waals surface area contributed by atoms with Gasteiger partial charge in [-0.2, -0.15) is 0 Å². The lowest BCUT2D eigenvalue weighted by Crippen LogP contribution is -2.00. The Morgan fingerprint density at radius 3 is 2.25 bits per heavy atom. The van der Waals surface area contributed by atoms with Crippen molar-refractivity contribution in [1.82, 2.24) is 0 Å². The molecular weight excluding hydrogens is 199 g/mol. The largest absolute Gasteiger partial charge is 0.478 e. The molecule has 0 aromatic carbocycles. The zero-order chi connectivity index (χ0) is 9.72. The van der Waals surface area contributed by atoms with Crippen LogP contribution in [0.5, 0.6) is 0 Å². The maximum atomic E-state index is 10.5. The van der Waals surface area contributed by atoms with Crippen LogP contribution in [0.1, 0.15) is 6.92 Å². The maximum absolute atomic E-state index is 10.5. The van der Waals surface area contributed by atoms with Crippen molar-refractivity contribution < 1.29 is 9.90 Å². The fourth-order valence-electron chi connectivity index (χ4n) is 0.545. The maximum Gasteiger partial charge on any atom is 0.337 e. The Bertz CT molecular complexity index is 264. The molecule has 0 atom stereocenters. The van der Waals surface area contributed by atoms with E-state index in [-0.39, 0.29) is 15.6 Å². The summed E-state index contributed by atoms with van der Waals surface area (Å²) in [6.07, 6.45) is 2.67. The van der Waals surface area contributed by atoms with Crippen molar-refractivity contribution in [3.05, 3.63) is 34.4 Å². The first kappa shape index (κ1) is 11.3. The summed E-state index contributed by atoms with van der Waals surface area (Å²) in [7, 11) is 0. The Morgan fingerprint density at radius 1 is 1.50 bits per heavy atom. The molecule has 2 nitrogen and oxygen atoms in total. The van der Waals surface area contributed by atoms with Crippen LogP contribution in [-0.2, 0) is 4.79 Å². The van der Waals surface area contributed by atoms with Crippen molar-refractivity contribution in [2.75, 3.05) is 0 Å². The number of hydrogen-bond acceptors (Lipinski definition) is 1. The fraction of sp³-hybridized carbons (Fsp3) is 0.125. The molecule has 0 rings (SSSR count). The molecule has 0 fully saturated rings. The van der Waals surface area contributed by atoms with E-state index in [2.05, 4.69) is 6.58 Å². The van der Waals surface area contributed by atoms with Crippen molar-refractivity contribution in [3.8, 4) is 0 Å². The van der Waals surface area contributed by atoms with Crippen LogP contribution in [0.2, 0.25) is 0 Å². The molecule has 0 aliphatic rings. The van der Waals surface area contributed by atoms with Crippen molar-refractivity contribution in [2.24, 2.45) is 0 Å². The molecule has 0 unspecified atom stereocenters. The molecule has 0 radical (unpaired) electrons. The van der Waals surface area contributed by atoms with E-state index in [1.165, 1.54) is 12.2 Å². The van der Waals surface area contributed by atoms with Gasteiger partial charge in [-0.1, -0.05) is 35.9 Å². The van der Waals surface area contributed by atoms with Crippen LogP contribution in [-0.4, -0.2) is 11.1 Å². The second kappa shape index (κ2) is 5.01. The first-order chi connectivity index (χ1) is 5.49.